The van der Waals surface area contributed by atoms with Crippen LogP contribution >= 0.6 is 0 Å². The molecule has 0 bridgehead atoms. The maximum atomic E-state index is 14.2. The molecule has 0 aliphatic rings. The number of hydrogen-bond acceptors (Lipinski definition) is 5. The molecule has 2 aromatic carbocycles. The minimum absolute atomic E-state index is 0.0763. The second-order valence-electron chi connectivity index (χ2n) is 6.99. The highest BCUT2D eigenvalue weighted by atomic mass is 19.1. The van der Waals surface area contributed by atoms with E-state index in [0.717, 1.165) is 11.1 Å². The van der Waals surface area contributed by atoms with Gasteiger partial charge < -0.3 is 16.0 Å². The number of halogens is 1. The van der Waals surface area contributed by atoms with Gasteiger partial charge in [-0.1, -0.05) is 31.2 Å². The number of nitrogens with one attached hydrogen (secondary N) is 2. The van der Waals surface area contributed by atoms with Gasteiger partial charge in [-0.05, 0) is 30.2 Å². The highest BCUT2D eigenvalue weighted by Gasteiger charge is 2.23. The van der Waals surface area contributed by atoms with Crippen molar-refractivity contribution in [2.75, 3.05) is 11.1 Å². The molecule has 0 aliphatic carbocycles. The van der Waals surface area contributed by atoms with Crippen molar-refractivity contribution in [3.05, 3.63) is 58.9 Å². The fourth-order valence-corrected chi connectivity index (χ4v) is 2.93. The zero-order valence-electron chi connectivity index (χ0n) is 17.4. The highest BCUT2D eigenvalue weighted by molar-refractivity contribution is 6.26. The number of aryl methyl sites for hydroxylation is 1. The highest BCUT2D eigenvalue weighted by Crippen LogP contribution is 2.23. The minimum atomic E-state index is -0.836. The van der Waals surface area contributed by atoms with Crippen molar-refractivity contribution in [2.45, 2.75) is 39.3 Å². The van der Waals surface area contributed by atoms with Gasteiger partial charge >= 0.3 is 0 Å². The first-order chi connectivity index (χ1) is 14.3. The van der Waals surface area contributed by atoms with Crippen molar-refractivity contribution in [3.63, 3.8) is 0 Å². The molecule has 2 aromatic rings. The summed E-state index contributed by atoms with van der Waals surface area (Å²) in [6.45, 7) is 3.87. The van der Waals surface area contributed by atoms with Crippen LogP contribution in [0.5, 0.6) is 0 Å². The van der Waals surface area contributed by atoms with Crippen LogP contribution in [-0.2, 0) is 27.5 Å². The summed E-state index contributed by atoms with van der Waals surface area (Å²) in [7, 11) is 1.56. The van der Waals surface area contributed by atoms with Crippen LogP contribution < -0.4 is 16.4 Å². The quantitative estimate of drug-likeness (QED) is 0.327. The SMILES string of the molecule is BC(C(=O)NC(=O)CC)N(C=O)Cc1c(C)cccc1NCc1cccc(N)c1F. The maximum Gasteiger partial charge on any atom is 0.240 e. The van der Waals surface area contributed by atoms with E-state index in [1.807, 2.05) is 25.1 Å². The first kappa shape index (κ1) is 22.9. The van der Waals surface area contributed by atoms with Crippen LogP contribution in [0.2, 0.25) is 0 Å². The number of hydrogen-bond donors (Lipinski definition) is 3. The Morgan fingerprint density at radius 2 is 1.97 bits per heavy atom. The average molecular weight is 412 g/mol. The van der Waals surface area contributed by atoms with Crippen LogP contribution in [0.25, 0.3) is 0 Å². The molecule has 0 aromatic heterocycles. The van der Waals surface area contributed by atoms with Crippen molar-refractivity contribution in [3.8, 4) is 0 Å². The standard InChI is InChI=1S/C21H26BFN4O3/c1-3-18(29)26-21(30)20(22)27(12-28)11-15-13(2)6-4-9-17(15)25-10-14-7-5-8-16(24)19(14)23/h4-9,12,20,25H,3,10-11,22,24H2,1-2H3,(H,26,29,30). The lowest BCUT2D eigenvalue weighted by Crippen LogP contribution is -2.48. The minimum Gasteiger partial charge on any atom is -0.396 e. The van der Waals surface area contributed by atoms with Crippen LogP contribution in [0.4, 0.5) is 15.8 Å². The normalized spacial score (nSPS) is 11.4. The van der Waals surface area contributed by atoms with Crippen molar-refractivity contribution >= 4 is 37.4 Å². The molecule has 0 aliphatic heterocycles. The Morgan fingerprint density at radius 3 is 2.63 bits per heavy atom. The maximum absolute atomic E-state index is 14.2. The topological polar surface area (TPSA) is 105 Å². The van der Waals surface area contributed by atoms with E-state index in [1.165, 1.54) is 11.0 Å². The third-order valence-corrected chi connectivity index (χ3v) is 4.92. The Labute approximate surface area is 176 Å². The monoisotopic (exact) mass is 412 g/mol. The molecule has 0 heterocycles. The van der Waals surface area contributed by atoms with Gasteiger partial charge in [0.05, 0.1) is 11.6 Å². The molecule has 0 spiro atoms. The number of carbonyl (C=O) groups excluding carboxylic acids is 3. The van der Waals surface area contributed by atoms with E-state index in [4.69, 9.17) is 5.73 Å². The molecule has 0 saturated heterocycles. The molecule has 2 rings (SSSR count). The summed E-state index contributed by atoms with van der Waals surface area (Å²) >= 11 is 0. The molecule has 0 radical (unpaired) electrons. The van der Waals surface area contributed by atoms with Gasteiger partial charge in [0.15, 0.2) is 5.82 Å². The fourth-order valence-electron chi connectivity index (χ4n) is 2.93. The number of nitrogen functional groups attached to an aromatic ring is 1. The third-order valence-electron chi connectivity index (χ3n) is 4.92. The Bertz CT molecular complexity index is 938. The predicted molar refractivity (Wildman–Crippen MR) is 117 cm³/mol. The summed E-state index contributed by atoms with van der Waals surface area (Å²) < 4.78 is 14.2. The van der Waals surface area contributed by atoms with E-state index < -0.39 is 23.6 Å². The smallest absolute Gasteiger partial charge is 0.240 e. The van der Waals surface area contributed by atoms with Crippen molar-refractivity contribution in [1.82, 2.24) is 10.2 Å². The zero-order chi connectivity index (χ0) is 22.3. The predicted octanol–water partition coefficient (Wildman–Crippen LogP) is 1.30. The van der Waals surface area contributed by atoms with Gasteiger partial charge in [0.25, 0.3) is 0 Å². The van der Waals surface area contributed by atoms with Crippen molar-refractivity contribution in [1.29, 1.82) is 0 Å². The van der Waals surface area contributed by atoms with E-state index >= 15 is 0 Å². The second-order valence-corrected chi connectivity index (χ2v) is 6.99. The van der Waals surface area contributed by atoms with Crippen LogP contribution in [0, 0.1) is 12.7 Å². The number of benzene rings is 2. The van der Waals surface area contributed by atoms with Crippen LogP contribution in [0.15, 0.2) is 36.4 Å². The Morgan fingerprint density at radius 1 is 1.27 bits per heavy atom. The lowest BCUT2D eigenvalue weighted by molar-refractivity contribution is -0.135. The average Bonchev–Trinajstić information content (AvgIpc) is 2.73. The zero-order valence-corrected chi connectivity index (χ0v) is 17.4. The van der Waals surface area contributed by atoms with Gasteiger partial charge in [-0.2, -0.15) is 0 Å². The Balaban J connectivity index is 2.20. The molecular weight excluding hydrogens is 386 g/mol. The lowest BCUT2D eigenvalue weighted by atomic mass is 9.92. The molecule has 1 unspecified atom stereocenters. The van der Waals surface area contributed by atoms with Crippen LogP contribution in [-0.4, -0.2) is 36.9 Å². The number of nitrogens with two attached hydrogens (primary N) is 1. The Kier molecular flexibility index (Phi) is 7.97. The number of anilines is 2. The van der Waals surface area contributed by atoms with E-state index in [-0.39, 0.29) is 25.2 Å². The molecule has 4 N–H and O–H groups in total. The number of nitrogens with zero attached hydrogens (tertiary/aromatic N) is 1. The van der Waals surface area contributed by atoms with Gasteiger partial charge in [0.2, 0.25) is 18.2 Å². The molecule has 0 fully saturated rings. The largest absolute Gasteiger partial charge is 0.396 e. The Hall–Kier alpha value is -3.36. The van der Waals surface area contributed by atoms with Gasteiger partial charge in [-0.25, -0.2) is 4.39 Å². The summed E-state index contributed by atoms with van der Waals surface area (Å²) in [6, 6.07) is 10.4. The van der Waals surface area contributed by atoms with Gasteiger partial charge in [-0.3, -0.25) is 19.7 Å². The number of carbonyl (C=O) groups is 3. The molecule has 30 heavy (non-hydrogen) atoms. The van der Waals surface area contributed by atoms with E-state index in [0.29, 0.717) is 17.7 Å². The first-order valence-corrected chi connectivity index (χ1v) is 9.68. The van der Waals surface area contributed by atoms with Crippen LogP contribution in [0.3, 0.4) is 0 Å². The van der Waals surface area contributed by atoms with E-state index in [9.17, 15) is 18.8 Å². The molecule has 7 nitrogen and oxygen atoms in total. The van der Waals surface area contributed by atoms with Gasteiger partial charge in [0, 0.05) is 30.8 Å². The van der Waals surface area contributed by atoms with Crippen molar-refractivity contribution in [2.24, 2.45) is 0 Å². The lowest BCUT2D eigenvalue weighted by Gasteiger charge is -2.26. The molecule has 0 saturated carbocycles. The molecule has 1 atom stereocenters. The molecule has 9 heteroatoms. The summed E-state index contributed by atoms with van der Waals surface area (Å²) in [5.74, 6) is -2.25. The molecule has 3 amide bonds. The number of amides is 3. The van der Waals surface area contributed by atoms with Gasteiger partial charge in [-0.15, -0.1) is 0 Å². The second kappa shape index (κ2) is 10.4. The fraction of sp³-hybridized carbons (Fsp3) is 0.286. The first-order valence-electron chi connectivity index (χ1n) is 9.68. The van der Waals surface area contributed by atoms with E-state index in [1.54, 1.807) is 26.9 Å². The molecular formula is C21H26BFN4O3. The van der Waals surface area contributed by atoms with Crippen LogP contribution in [0.1, 0.15) is 30.0 Å². The summed E-state index contributed by atoms with van der Waals surface area (Å²) in [5.41, 5.74) is 8.51. The van der Waals surface area contributed by atoms with Crippen molar-refractivity contribution < 1.29 is 18.8 Å². The van der Waals surface area contributed by atoms with Gasteiger partial charge in [0.1, 0.15) is 7.85 Å². The summed E-state index contributed by atoms with van der Waals surface area (Å²) in [4.78, 5) is 36.7. The van der Waals surface area contributed by atoms with E-state index in [2.05, 4.69) is 10.6 Å². The summed E-state index contributed by atoms with van der Waals surface area (Å²) in [6.07, 6.45) is 0.750. The summed E-state index contributed by atoms with van der Waals surface area (Å²) in [5, 5.41) is 5.45. The molecule has 158 valence electrons. The third kappa shape index (κ3) is 5.59. The number of rotatable bonds is 9. The number of imide groups is 1.